The number of aromatic nitrogens is 1. The third-order valence-corrected chi connectivity index (χ3v) is 14.7. The molecule has 0 aliphatic heterocycles. The van der Waals surface area contributed by atoms with E-state index in [1.807, 2.05) is 30.3 Å². The van der Waals surface area contributed by atoms with E-state index < -0.39 is 8.80 Å². The van der Waals surface area contributed by atoms with Crippen LogP contribution in [-0.4, -0.2) is 13.8 Å². The van der Waals surface area contributed by atoms with Gasteiger partial charge in [0.15, 0.2) is 5.58 Å². The van der Waals surface area contributed by atoms with E-state index in [1.165, 1.54) is 31.9 Å². The molecule has 1 heterocycles. The predicted molar refractivity (Wildman–Crippen MR) is 251 cm³/mol. The molecule has 0 radical (unpaired) electrons. The SMILES string of the molecule is c1ccc(-c2nc3ccc4ccc5ccc(-c6ccc(N(c7ccccc7)c7ccc([SiH](c8ccccc8)c8ccccc8)cc7)c7ccccc67)cc5c4c3o2)cc1. The minimum Gasteiger partial charge on any atom is -0.435 e. The number of hydrogen-bond donors (Lipinski definition) is 0. The lowest BCUT2D eigenvalue weighted by molar-refractivity contribution is 0.623. The number of nitrogens with zero attached hydrogens (tertiary/aromatic N) is 2. The highest BCUT2D eigenvalue weighted by Crippen LogP contribution is 2.43. The molecule has 0 bridgehead atoms. The Balaban J connectivity index is 1.04. The summed E-state index contributed by atoms with van der Waals surface area (Å²) in [5, 5.41) is 11.1. The van der Waals surface area contributed by atoms with Crippen LogP contribution in [0, 0.1) is 0 Å². The summed E-state index contributed by atoms with van der Waals surface area (Å²) in [5.41, 5.74) is 8.34. The molecule has 0 saturated carbocycles. The summed E-state index contributed by atoms with van der Waals surface area (Å²) in [7, 11) is -1.68. The van der Waals surface area contributed by atoms with E-state index in [1.54, 1.807) is 0 Å². The van der Waals surface area contributed by atoms with Crippen LogP contribution in [0.25, 0.3) is 66.0 Å². The van der Waals surface area contributed by atoms with Gasteiger partial charge in [-0.2, -0.15) is 0 Å². The summed E-state index contributed by atoms with van der Waals surface area (Å²) in [6.07, 6.45) is 0. The molecular weight excluding hydrogens is 733 g/mol. The lowest BCUT2D eigenvalue weighted by Crippen LogP contribution is -2.51. The van der Waals surface area contributed by atoms with Crippen LogP contribution in [0.3, 0.4) is 0 Å². The Bertz CT molecular complexity index is 3220. The first-order valence-corrected chi connectivity index (χ1v) is 21.9. The summed E-state index contributed by atoms with van der Waals surface area (Å²) >= 11 is 0. The molecule has 0 aliphatic rings. The lowest BCUT2D eigenvalue weighted by Gasteiger charge is -2.28. The molecule has 11 aromatic rings. The zero-order valence-corrected chi connectivity index (χ0v) is 33.4. The quantitative estimate of drug-likeness (QED) is 0.0875. The number of fused-ring (bicyclic) bond motifs is 6. The molecule has 0 aliphatic carbocycles. The van der Waals surface area contributed by atoms with Gasteiger partial charge in [0.25, 0.3) is 0 Å². The van der Waals surface area contributed by atoms with E-state index in [9.17, 15) is 0 Å². The van der Waals surface area contributed by atoms with E-state index in [0.717, 1.165) is 60.8 Å². The molecule has 0 saturated heterocycles. The maximum absolute atomic E-state index is 6.57. The molecule has 1 aromatic heterocycles. The Morgan fingerprint density at radius 2 is 0.966 bits per heavy atom. The van der Waals surface area contributed by atoms with Gasteiger partial charge in [0.1, 0.15) is 14.3 Å². The second kappa shape index (κ2) is 14.8. The molecule has 11 rings (SSSR count). The minimum atomic E-state index is -1.68. The van der Waals surface area contributed by atoms with Crippen molar-refractivity contribution in [3.63, 3.8) is 0 Å². The largest absolute Gasteiger partial charge is 0.435 e. The van der Waals surface area contributed by atoms with Gasteiger partial charge in [-0.25, -0.2) is 4.98 Å². The van der Waals surface area contributed by atoms with Crippen LogP contribution in [-0.2, 0) is 0 Å². The standard InChI is InChI=1S/C55H38N2OSi/c1-5-15-40(16-6-1)55-56-51-35-29-39-27-25-38-26-28-41(37-50(38)53(39)54(51)58-55)47-34-36-52(49-24-14-13-23-48(47)49)57(42-17-7-2-8-18-42)43-30-32-46(33-31-43)59(44-19-9-3-10-20-44)45-21-11-4-12-22-45/h1-37,59H. The molecule has 0 atom stereocenters. The van der Waals surface area contributed by atoms with Crippen molar-refractivity contribution in [1.29, 1.82) is 0 Å². The van der Waals surface area contributed by atoms with Crippen molar-refractivity contribution < 1.29 is 4.42 Å². The Hall–Kier alpha value is -7.53. The van der Waals surface area contributed by atoms with Gasteiger partial charge in [-0.3, -0.25) is 0 Å². The van der Waals surface area contributed by atoms with Gasteiger partial charge < -0.3 is 9.32 Å². The van der Waals surface area contributed by atoms with E-state index in [-0.39, 0.29) is 0 Å². The van der Waals surface area contributed by atoms with E-state index in [4.69, 9.17) is 9.40 Å². The summed E-state index contributed by atoms with van der Waals surface area (Å²) in [6, 6.07) is 81.0. The van der Waals surface area contributed by atoms with Gasteiger partial charge in [0.05, 0.1) is 5.69 Å². The summed E-state index contributed by atoms with van der Waals surface area (Å²) < 4.78 is 6.57. The zero-order valence-electron chi connectivity index (χ0n) is 32.2. The van der Waals surface area contributed by atoms with Crippen molar-refractivity contribution in [2.24, 2.45) is 0 Å². The van der Waals surface area contributed by atoms with Crippen molar-refractivity contribution in [3.8, 4) is 22.6 Å². The number of anilines is 3. The second-order valence-corrected chi connectivity index (χ2v) is 18.0. The third-order valence-electron chi connectivity index (χ3n) is 11.6. The normalized spacial score (nSPS) is 11.5. The van der Waals surface area contributed by atoms with Crippen LogP contribution in [0.5, 0.6) is 0 Å². The highest BCUT2D eigenvalue weighted by molar-refractivity contribution is 6.95. The van der Waals surface area contributed by atoms with Crippen LogP contribution in [0.2, 0.25) is 0 Å². The second-order valence-electron chi connectivity index (χ2n) is 15.1. The van der Waals surface area contributed by atoms with Crippen molar-refractivity contribution in [2.75, 3.05) is 4.90 Å². The lowest BCUT2D eigenvalue weighted by atomic mass is 9.93. The molecule has 0 spiro atoms. The summed E-state index contributed by atoms with van der Waals surface area (Å²) in [5.74, 6) is 0.634. The van der Waals surface area contributed by atoms with Gasteiger partial charge in [0.2, 0.25) is 5.89 Å². The molecule has 59 heavy (non-hydrogen) atoms. The molecule has 0 fully saturated rings. The van der Waals surface area contributed by atoms with Crippen LogP contribution >= 0.6 is 0 Å². The van der Waals surface area contributed by atoms with Crippen molar-refractivity contribution in [2.45, 2.75) is 0 Å². The fourth-order valence-corrected chi connectivity index (χ4v) is 11.8. The fourth-order valence-electron chi connectivity index (χ4n) is 8.81. The first-order valence-electron chi connectivity index (χ1n) is 20.2. The average Bonchev–Trinajstić information content (AvgIpc) is 3.76. The highest BCUT2D eigenvalue weighted by atomic mass is 28.3. The molecule has 3 nitrogen and oxygen atoms in total. The average molecular weight is 771 g/mol. The van der Waals surface area contributed by atoms with Crippen LogP contribution < -0.4 is 20.5 Å². The molecule has 10 aromatic carbocycles. The number of para-hydroxylation sites is 1. The maximum atomic E-state index is 6.57. The molecule has 0 unspecified atom stereocenters. The van der Waals surface area contributed by atoms with E-state index in [0.29, 0.717) is 5.89 Å². The molecule has 278 valence electrons. The number of rotatable bonds is 8. The van der Waals surface area contributed by atoms with Crippen LogP contribution in [0.15, 0.2) is 229 Å². The summed E-state index contributed by atoms with van der Waals surface area (Å²) in [4.78, 5) is 7.31. The predicted octanol–water partition coefficient (Wildman–Crippen LogP) is 12.3. The summed E-state index contributed by atoms with van der Waals surface area (Å²) in [6.45, 7) is 0. The van der Waals surface area contributed by atoms with Gasteiger partial charge >= 0.3 is 0 Å². The monoisotopic (exact) mass is 770 g/mol. The first-order chi connectivity index (χ1) is 29.3. The van der Waals surface area contributed by atoms with Gasteiger partial charge in [0, 0.05) is 27.7 Å². The topological polar surface area (TPSA) is 29.3 Å². The fraction of sp³-hybridized carbons (Fsp3) is 0. The van der Waals surface area contributed by atoms with Crippen molar-refractivity contribution in [1.82, 2.24) is 4.98 Å². The van der Waals surface area contributed by atoms with Crippen molar-refractivity contribution in [3.05, 3.63) is 224 Å². The van der Waals surface area contributed by atoms with Gasteiger partial charge in [-0.1, -0.05) is 185 Å². The van der Waals surface area contributed by atoms with Crippen molar-refractivity contribution >= 4 is 84.8 Å². The minimum absolute atomic E-state index is 0.634. The van der Waals surface area contributed by atoms with Gasteiger partial charge in [-0.15, -0.1) is 0 Å². The van der Waals surface area contributed by atoms with Crippen LogP contribution in [0.1, 0.15) is 0 Å². The Labute approximate surface area is 344 Å². The maximum Gasteiger partial charge on any atom is 0.227 e. The van der Waals surface area contributed by atoms with E-state index in [2.05, 4.69) is 199 Å². The highest BCUT2D eigenvalue weighted by Gasteiger charge is 2.22. The molecular formula is C55H38N2OSi. The number of oxazole rings is 1. The third kappa shape index (κ3) is 6.27. The molecule has 4 heteroatoms. The molecule has 0 amide bonds. The number of hydrogen-bond acceptors (Lipinski definition) is 3. The van der Waals surface area contributed by atoms with E-state index >= 15 is 0 Å². The van der Waals surface area contributed by atoms with Crippen LogP contribution in [0.4, 0.5) is 17.1 Å². The zero-order chi connectivity index (χ0) is 39.1. The smallest absolute Gasteiger partial charge is 0.227 e. The van der Waals surface area contributed by atoms with Gasteiger partial charge in [-0.05, 0) is 87.3 Å². The Kier molecular flexibility index (Phi) is 8.68. The first kappa shape index (κ1) is 34.7. The molecule has 0 N–H and O–H groups in total. The number of benzene rings is 10. The Morgan fingerprint density at radius 3 is 1.68 bits per heavy atom. The Morgan fingerprint density at radius 1 is 0.407 bits per heavy atom.